The number of non-ortho nitro benzene ring substituents is 1. The first-order valence-corrected chi connectivity index (χ1v) is 10.1. The van der Waals surface area contributed by atoms with Gasteiger partial charge >= 0.3 is 5.69 Å². The van der Waals surface area contributed by atoms with Crippen LogP contribution in [-0.2, 0) is 11.2 Å². The van der Waals surface area contributed by atoms with Crippen molar-refractivity contribution < 1.29 is 24.1 Å². The summed E-state index contributed by atoms with van der Waals surface area (Å²) in [5.74, 6) is -0.0113. The molecular weight excluding hydrogens is 444 g/mol. The van der Waals surface area contributed by atoms with E-state index in [-0.39, 0.29) is 36.2 Å². The van der Waals surface area contributed by atoms with Crippen molar-refractivity contribution in [1.29, 1.82) is 0 Å². The van der Waals surface area contributed by atoms with Crippen LogP contribution in [0.3, 0.4) is 0 Å². The number of carbonyl (C=O) groups is 1. The van der Waals surface area contributed by atoms with Crippen LogP contribution in [0.1, 0.15) is 18.1 Å². The lowest BCUT2D eigenvalue weighted by atomic mass is 10.1. The average Bonchev–Trinajstić information content (AvgIpc) is 2.81. The minimum absolute atomic E-state index is 0.170. The maximum atomic E-state index is 12.0. The predicted octanol–water partition coefficient (Wildman–Crippen LogP) is 4.39. The second kappa shape index (κ2) is 11.2. The van der Waals surface area contributed by atoms with Gasteiger partial charge in [0.1, 0.15) is 0 Å². The van der Waals surface area contributed by atoms with Crippen molar-refractivity contribution in [3.8, 4) is 17.2 Å². The van der Waals surface area contributed by atoms with Gasteiger partial charge in [-0.05, 0) is 42.3 Å². The van der Waals surface area contributed by atoms with E-state index in [1.807, 2.05) is 30.3 Å². The van der Waals surface area contributed by atoms with Crippen LogP contribution in [0, 0.1) is 20.2 Å². The van der Waals surface area contributed by atoms with Gasteiger partial charge in [0.15, 0.2) is 11.5 Å². The van der Waals surface area contributed by atoms with E-state index >= 15 is 0 Å². The zero-order valence-corrected chi connectivity index (χ0v) is 18.0. The standard InChI is InChI=1S/C23H20N4O7/c1-2-33-22-12-17(15-24-25-23(28)13-16-6-4-3-5-7-16)8-10-21(22)34-20-11-9-18(26(29)30)14-19(20)27(31)32/h3-12,14-15H,2,13H2,1H3,(H,25,28). The number of ether oxygens (including phenoxy) is 2. The molecule has 0 heterocycles. The average molecular weight is 464 g/mol. The van der Waals surface area contributed by atoms with Gasteiger partial charge in [0.2, 0.25) is 11.7 Å². The van der Waals surface area contributed by atoms with Crippen LogP contribution in [-0.4, -0.2) is 28.6 Å². The van der Waals surface area contributed by atoms with Crippen LogP contribution in [0.2, 0.25) is 0 Å². The van der Waals surface area contributed by atoms with Crippen molar-refractivity contribution >= 4 is 23.5 Å². The molecule has 0 fully saturated rings. The maximum Gasteiger partial charge on any atom is 0.318 e. The van der Waals surface area contributed by atoms with Crippen molar-refractivity contribution in [3.63, 3.8) is 0 Å². The Kier molecular flexibility index (Phi) is 7.84. The predicted molar refractivity (Wildman–Crippen MR) is 123 cm³/mol. The molecule has 3 aromatic rings. The molecule has 0 aliphatic carbocycles. The second-order valence-electron chi connectivity index (χ2n) is 6.86. The molecule has 0 bridgehead atoms. The van der Waals surface area contributed by atoms with Crippen LogP contribution >= 0.6 is 0 Å². The van der Waals surface area contributed by atoms with E-state index < -0.39 is 21.2 Å². The van der Waals surface area contributed by atoms with Gasteiger partial charge in [0.25, 0.3) is 5.69 Å². The number of hydrazone groups is 1. The van der Waals surface area contributed by atoms with E-state index in [0.717, 1.165) is 23.8 Å². The summed E-state index contributed by atoms with van der Waals surface area (Å²) in [7, 11) is 0. The highest BCUT2D eigenvalue weighted by Crippen LogP contribution is 2.38. The van der Waals surface area contributed by atoms with Crippen LogP contribution < -0.4 is 14.9 Å². The first-order chi connectivity index (χ1) is 16.4. The van der Waals surface area contributed by atoms with E-state index in [1.165, 1.54) is 12.3 Å². The highest BCUT2D eigenvalue weighted by atomic mass is 16.6. The highest BCUT2D eigenvalue weighted by Gasteiger charge is 2.22. The molecule has 3 aromatic carbocycles. The Balaban J connectivity index is 1.75. The van der Waals surface area contributed by atoms with E-state index in [9.17, 15) is 25.0 Å². The van der Waals surface area contributed by atoms with Gasteiger partial charge in [-0.2, -0.15) is 5.10 Å². The summed E-state index contributed by atoms with van der Waals surface area (Å²) in [6, 6.07) is 17.0. The Morgan fingerprint density at radius 3 is 2.38 bits per heavy atom. The van der Waals surface area contributed by atoms with Crippen LogP contribution in [0.25, 0.3) is 0 Å². The molecule has 0 saturated heterocycles. The topological polar surface area (TPSA) is 146 Å². The van der Waals surface area contributed by atoms with Crippen molar-refractivity contribution in [1.82, 2.24) is 5.43 Å². The number of nitrogens with one attached hydrogen (secondary N) is 1. The lowest BCUT2D eigenvalue weighted by Gasteiger charge is -2.12. The molecule has 11 nitrogen and oxygen atoms in total. The molecule has 1 N–H and O–H groups in total. The Morgan fingerprint density at radius 1 is 0.971 bits per heavy atom. The third-order valence-electron chi connectivity index (χ3n) is 4.45. The van der Waals surface area contributed by atoms with Crippen molar-refractivity contribution in [2.24, 2.45) is 5.10 Å². The molecule has 0 aliphatic rings. The van der Waals surface area contributed by atoms with E-state index in [4.69, 9.17) is 9.47 Å². The lowest BCUT2D eigenvalue weighted by Crippen LogP contribution is -2.19. The third-order valence-corrected chi connectivity index (χ3v) is 4.45. The fourth-order valence-corrected chi connectivity index (χ4v) is 2.92. The van der Waals surface area contributed by atoms with Crippen LogP contribution in [0.15, 0.2) is 71.8 Å². The summed E-state index contributed by atoms with van der Waals surface area (Å²) in [6.07, 6.45) is 1.60. The van der Waals surface area contributed by atoms with Gasteiger partial charge < -0.3 is 9.47 Å². The number of benzene rings is 3. The Hall–Kier alpha value is -4.80. The summed E-state index contributed by atoms with van der Waals surface area (Å²) < 4.78 is 11.2. The number of rotatable bonds is 10. The first kappa shape index (κ1) is 23.9. The summed E-state index contributed by atoms with van der Waals surface area (Å²) in [5, 5.41) is 26.2. The summed E-state index contributed by atoms with van der Waals surface area (Å²) in [5.41, 5.74) is 2.90. The summed E-state index contributed by atoms with van der Waals surface area (Å²) >= 11 is 0. The normalized spacial score (nSPS) is 10.6. The third kappa shape index (κ3) is 6.36. The minimum atomic E-state index is -0.762. The molecule has 0 spiro atoms. The minimum Gasteiger partial charge on any atom is -0.490 e. The molecule has 0 unspecified atom stereocenters. The molecular formula is C23H20N4O7. The molecule has 0 radical (unpaired) electrons. The molecule has 174 valence electrons. The molecule has 0 aliphatic heterocycles. The number of amides is 1. The summed E-state index contributed by atoms with van der Waals surface area (Å²) in [4.78, 5) is 32.8. The largest absolute Gasteiger partial charge is 0.490 e. The fourth-order valence-electron chi connectivity index (χ4n) is 2.92. The van der Waals surface area contributed by atoms with E-state index in [0.29, 0.717) is 5.56 Å². The van der Waals surface area contributed by atoms with Gasteiger partial charge in [-0.15, -0.1) is 0 Å². The monoisotopic (exact) mass is 464 g/mol. The van der Waals surface area contributed by atoms with Gasteiger partial charge in [-0.1, -0.05) is 30.3 Å². The summed E-state index contributed by atoms with van der Waals surface area (Å²) in [6.45, 7) is 2.04. The molecule has 0 aromatic heterocycles. The molecule has 0 atom stereocenters. The zero-order valence-electron chi connectivity index (χ0n) is 18.0. The Labute approximate surface area is 193 Å². The first-order valence-electron chi connectivity index (χ1n) is 10.1. The van der Waals surface area contributed by atoms with Gasteiger partial charge in [0, 0.05) is 6.07 Å². The number of nitrogens with zero attached hydrogens (tertiary/aromatic N) is 3. The molecule has 0 saturated carbocycles. The molecule has 34 heavy (non-hydrogen) atoms. The zero-order chi connectivity index (χ0) is 24.5. The van der Waals surface area contributed by atoms with Crippen molar-refractivity contribution in [2.75, 3.05) is 6.61 Å². The van der Waals surface area contributed by atoms with Crippen LogP contribution in [0.4, 0.5) is 11.4 Å². The lowest BCUT2D eigenvalue weighted by molar-refractivity contribution is -0.394. The maximum absolute atomic E-state index is 12.0. The highest BCUT2D eigenvalue weighted by molar-refractivity contribution is 5.84. The molecule has 1 amide bonds. The van der Waals surface area contributed by atoms with Gasteiger partial charge in [0.05, 0.1) is 35.2 Å². The van der Waals surface area contributed by atoms with E-state index in [2.05, 4.69) is 10.5 Å². The molecule has 11 heteroatoms. The number of hydrogen-bond acceptors (Lipinski definition) is 8. The molecule has 3 rings (SSSR count). The number of hydrogen-bond donors (Lipinski definition) is 1. The van der Waals surface area contributed by atoms with E-state index in [1.54, 1.807) is 19.1 Å². The fraction of sp³-hybridized carbons (Fsp3) is 0.130. The quantitative estimate of drug-likeness (QED) is 0.266. The number of carbonyl (C=O) groups excluding carboxylic acids is 1. The number of nitro groups is 2. The van der Waals surface area contributed by atoms with Crippen molar-refractivity contribution in [3.05, 3.63) is 98.1 Å². The Bertz CT molecular complexity index is 1230. The second-order valence-corrected chi connectivity index (χ2v) is 6.86. The Morgan fingerprint density at radius 2 is 1.71 bits per heavy atom. The van der Waals surface area contributed by atoms with Crippen molar-refractivity contribution in [2.45, 2.75) is 13.3 Å². The smallest absolute Gasteiger partial charge is 0.318 e. The van der Waals surface area contributed by atoms with Gasteiger partial charge in [-0.3, -0.25) is 25.0 Å². The van der Waals surface area contributed by atoms with Crippen LogP contribution in [0.5, 0.6) is 17.2 Å². The number of nitro benzene ring substituents is 2. The van der Waals surface area contributed by atoms with Gasteiger partial charge in [-0.25, -0.2) is 5.43 Å². The SMILES string of the molecule is CCOc1cc(C=NNC(=O)Cc2ccccc2)ccc1Oc1ccc([N+](=O)[O-])cc1[N+](=O)[O-].